The van der Waals surface area contributed by atoms with E-state index in [1.54, 1.807) is 12.1 Å². The van der Waals surface area contributed by atoms with Gasteiger partial charge in [0.1, 0.15) is 12.1 Å². The van der Waals surface area contributed by atoms with Gasteiger partial charge in [-0.3, -0.25) is 9.80 Å². The average molecular weight is 393 g/mol. The summed E-state index contributed by atoms with van der Waals surface area (Å²) in [6.07, 6.45) is 2.40. The number of rotatable bonds is 7. The fourth-order valence-corrected chi connectivity index (χ4v) is 3.87. The van der Waals surface area contributed by atoms with Crippen molar-refractivity contribution >= 4 is 17.7 Å². The molecule has 0 saturated carbocycles. The zero-order chi connectivity index (χ0) is 20.7. The van der Waals surface area contributed by atoms with Crippen molar-refractivity contribution in [3.63, 3.8) is 0 Å². The van der Waals surface area contributed by atoms with E-state index >= 15 is 0 Å². The van der Waals surface area contributed by atoms with Crippen molar-refractivity contribution in [3.05, 3.63) is 78.9 Å². The number of hydrogen-bond acceptors (Lipinski definition) is 4. The molecule has 3 rings (SSSR count). The summed E-state index contributed by atoms with van der Waals surface area (Å²) in [4.78, 5) is 29.3. The second kappa shape index (κ2) is 9.39. The number of ether oxygens (including phenoxy) is 1. The first-order chi connectivity index (χ1) is 14.1. The minimum absolute atomic E-state index is 0.0930. The third-order valence-electron chi connectivity index (χ3n) is 5.31. The Balaban J connectivity index is 1.86. The molecule has 1 heterocycles. The van der Waals surface area contributed by atoms with Gasteiger partial charge in [-0.2, -0.15) is 0 Å². The molecule has 2 amide bonds. The maximum atomic E-state index is 13.1. The van der Waals surface area contributed by atoms with E-state index in [4.69, 9.17) is 10.5 Å². The Kier molecular flexibility index (Phi) is 6.67. The predicted octanol–water partition coefficient (Wildman–Crippen LogP) is 3.34. The van der Waals surface area contributed by atoms with Gasteiger partial charge in [-0.05, 0) is 30.5 Å². The molecule has 6 heteroatoms. The fraction of sp³-hybridized carbons (Fsp3) is 0.304. The third-order valence-corrected chi connectivity index (χ3v) is 5.31. The van der Waals surface area contributed by atoms with Gasteiger partial charge in [-0.15, -0.1) is 0 Å². The highest BCUT2D eigenvalue weighted by Gasteiger charge is 2.50. The van der Waals surface area contributed by atoms with Gasteiger partial charge in [0.25, 0.3) is 0 Å². The summed E-state index contributed by atoms with van der Waals surface area (Å²) in [5, 5.41) is 0. The van der Waals surface area contributed by atoms with Gasteiger partial charge in [0.2, 0.25) is 0 Å². The molecule has 29 heavy (non-hydrogen) atoms. The van der Waals surface area contributed by atoms with Crippen LogP contribution >= 0.6 is 0 Å². The van der Waals surface area contributed by atoms with E-state index in [-0.39, 0.29) is 6.61 Å². The van der Waals surface area contributed by atoms with Crippen molar-refractivity contribution in [2.45, 2.75) is 24.9 Å². The lowest BCUT2D eigenvalue weighted by molar-refractivity contribution is -0.150. The van der Waals surface area contributed by atoms with Crippen LogP contribution in [-0.2, 0) is 16.1 Å². The van der Waals surface area contributed by atoms with E-state index in [0.29, 0.717) is 31.6 Å². The Morgan fingerprint density at radius 2 is 1.66 bits per heavy atom. The van der Waals surface area contributed by atoms with Crippen molar-refractivity contribution in [2.24, 2.45) is 5.73 Å². The van der Waals surface area contributed by atoms with Gasteiger partial charge >= 0.3 is 12.0 Å². The number of amides is 2. The van der Waals surface area contributed by atoms with Crippen LogP contribution in [0.3, 0.4) is 0 Å². The predicted molar refractivity (Wildman–Crippen MR) is 113 cm³/mol. The molecule has 152 valence electrons. The number of likely N-dealkylation sites (tertiary alicyclic amines) is 1. The summed E-state index contributed by atoms with van der Waals surface area (Å²) in [6.45, 7) is 5.79. The van der Waals surface area contributed by atoms with Crippen LogP contribution in [0.4, 0.5) is 10.5 Å². The largest absolute Gasteiger partial charge is 0.460 e. The number of carbonyl (C=O) groups excluding carboxylic acids is 2. The quantitative estimate of drug-likeness (QED) is 0.578. The molecule has 2 aromatic carbocycles. The maximum absolute atomic E-state index is 13.1. The van der Waals surface area contributed by atoms with E-state index < -0.39 is 17.5 Å². The lowest BCUT2D eigenvalue weighted by atomic mass is 9.84. The molecule has 0 radical (unpaired) electrons. The van der Waals surface area contributed by atoms with Gasteiger partial charge in [-0.25, -0.2) is 9.59 Å². The summed E-state index contributed by atoms with van der Waals surface area (Å²) in [7, 11) is 0. The van der Waals surface area contributed by atoms with Crippen LogP contribution in [0.15, 0.2) is 73.3 Å². The number of benzene rings is 2. The number of esters is 1. The monoisotopic (exact) mass is 393 g/mol. The smallest absolute Gasteiger partial charge is 0.332 e. The van der Waals surface area contributed by atoms with E-state index in [1.165, 1.54) is 16.5 Å². The Morgan fingerprint density at radius 3 is 2.21 bits per heavy atom. The van der Waals surface area contributed by atoms with E-state index in [9.17, 15) is 9.59 Å². The SMILES string of the molecule is C=CCOC(=O)C1(N(C(N)=O)c2ccccc2)CCN(Cc2ccccc2)CC1. The molecule has 1 saturated heterocycles. The van der Waals surface area contributed by atoms with Crippen molar-refractivity contribution in [1.29, 1.82) is 0 Å². The number of primary amides is 1. The normalized spacial score (nSPS) is 16.0. The number of para-hydroxylation sites is 1. The fourth-order valence-electron chi connectivity index (χ4n) is 3.87. The molecule has 1 fully saturated rings. The first-order valence-electron chi connectivity index (χ1n) is 9.76. The number of hydrogen-bond donors (Lipinski definition) is 1. The summed E-state index contributed by atoms with van der Waals surface area (Å²) < 4.78 is 5.42. The second-order valence-electron chi connectivity index (χ2n) is 7.19. The standard InChI is InChI=1S/C23H27N3O3/c1-2-17-29-21(27)23(26(22(24)28)20-11-7-4-8-12-20)13-15-25(16-14-23)18-19-9-5-3-6-10-19/h2-12H,1,13-18H2,(H2,24,28). The minimum atomic E-state index is -1.14. The molecule has 0 aromatic heterocycles. The number of nitrogens with zero attached hydrogens (tertiary/aromatic N) is 2. The molecule has 1 aliphatic heterocycles. The number of carbonyl (C=O) groups is 2. The van der Waals surface area contributed by atoms with E-state index in [0.717, 1.165) is 6.54 Å². The van der Waals surface area contributed by atoms with Crippen molar-refractivity contribution in [3.8, 4) is 0 Å². The third kappa shape index (κ3) is 4.66. The van der Waals surface area contributed by atoms with Crippen LogP contribution in [-0.4, -0.2) is 42.1 Å². The van der Waals surface area contributed by atoms with Crippen LogP contribution in [0.2, 0.25) is 0 Å². The summed E-state index contributed by atoms with van der Waals surface area (Å²) in [5.74, 6) is -0.445. The molecule has 6 nitrogen and oxygen atoms in total. The van der Waals surface area contributed by atoms with Crippen LogP contribution < -0.4 is 10.6 Å². The summed E-state index contributed by atoms with van der Waals surface area (Å²) in [6, 6.07) is 18.6. The highest BCUT2D eigenvalue weighted by Crippen LogP contribution is 2.35. The molecular formula is C23H27N3O3. The zero-order valence-corrected chi connectivity index (χ0v) is 16.5. The van der Waals surface area contributed by atoms with Gasteiger partial charge in [0.15, 0.2) is 0 Å². The van der Waals surface area contributed by atoms with Gasteiger partial charge in [0, 0.05) is 25.3 Å². The van der Waals surface area contributed by atoms with E-state index in [1.807, 2.05) is 36.4 Å². The molecule has 2 N–H and O–H groups in total. The Labute approximate surface area is 171 Å². The first-order valence-corrected chi connectivity index (χ1v) is 9.76. The Bertz CT molecular complexity index is 831. The Morgan fingerprint density at radius 1 is 1.07 bits per heavy atom. The van der Waals surface area contributed by atoms with Crippen molar-refractivity contribution < 1.29 is 14.3 Å². The van der Waals surface area contributed by atoms with Crippen LogP contribution in [0.5, 0.6) is 0 Å². The lowest BCUT2D eigenvalue weighted by Crippen LogP contribution is -2.64. The van der Waals surface area contributed by atoms with Gasteiger partial charge in [-0.1, -0.05) is 61.2 Å². The molecule has 1 aliphatic rings. The van der Waals surface area contributed by atoms with Gasteiger partial charge in [0.05, 0.1) is 0 Å². The minimum Gasteiger partial charge on any atom is -0.460 e. The average Bonchev–Trinajstić information content (AvgIpc) is 2.74. The van der Waals surface area contributed by atoms with E-state index in [2.05, 4.69) is 23.6 Å². The highest BCUT2D eigenvalue weighted by atomic mass is 16.5. The number of anilines is 1. The van der Waals surface area contributed by atoms with Gasteiger partial charge < -0.3 is 10.5 Å². The molecule has 0 aliphatic carbocycles. The summed E-state index contributed by atoms with van der Waals surface area (Å²) >= 11 is 0. The summed E-state index contributed by atoms with van der Waals surface area (Å²) in [5.41, 5.74) is 6.42. The topological polar surface area (TPSA) is 75.9 Å². The Hall–Kier alpha value is -3.12. The molecule has 2 aromatic rings. The zero-order valence-electron chi connectivity index (χ0n) is 16.5. The van der Waals surface area contributed by atoms with Crippen molar-refractivity contribution in [2.75, 3.05) is 24.6 Å². The van der Waals surface area contributed by atoms with Crippen molar-refractivity contribution in [1.82, 2.24) is 4.90 Å². The molecule has 0 unspecified atom stereocenters. The first kappa shape index (κ1) is 20.6. The highest BCUT2D eigenvalue weighted by molar-refractivity contribution is 6.00. The number of piperidine rings is 1. The molecule has 0 spiro atoms. The maximum Gasteiger partial charge on any atom is 0.332 e. The molecular weight excluding hydrogens is 366 g/mol. The second-order valence-corrected chi connectivity index (χ2v) is 7.19. The molecule has 0 atom stereocenters. The number of nitrogens with two attached hydrogens (primary N) is 1. The molecule has 0 bridgehead atoms. The lowest BCUT2D eigenvalue weighted by Gasteiger charge is -2.46. The number of urea groups is 1. The van der Waals surface area contributed by atoms with Crippen LogP contribution in [0.25, 0.3) is 0 Å². The van der Waals surface area contributed by atoms with Crippen LogP contribution in [0, 0.1) is 0 Å². The van der Waals surface area contributed by atoms with Crippen LogP contribution in [0.1, 0.15) is 18.4 Å².